The molecule has 0 aromatic carbocycles. The fourth-order valence-electron chi connectivity index (χ4n) is 1.56. The molecule has 2 heterocycles. The number of fused-ring (bicyclic) bond motifs is 1. The lowest BCUT2D eigenvalue weighted by Crippen LogP contribution is -2.38. The van der Waals surface area contributed by atoms with Gasteiger partial charge in [0.1, 0.15) is 12.1 Å². The van der Waals surface area contributed by atoms with E-state index in [0.717, 1.165) is 6.54 Å². The molecule has 4 heteroatoms. The normalized spacial score (nSPS) is 45.1. The molecule has 2 saturated heterocycles. The average molecular weight is 143 g/mol. The molecule has 56 valence electrons. The summed E-state index contributed by atoms with van der Waals surface area (Å²) in [5.74, 6) is -0.771. The van der Waals surface area contributed by atoms with Crippen LogP contribution in [0.3, 0.4) is 0 Å². The van der Waals surface area contributed by atoms with E-state index in [0.29, 0.717) is 0 Å². The van der Waals surface area contributed by atoms with E-state index < -0.39 is 12.0 Å². The summed E-state index contributed by atoms with van der Waals surface area (Å²) in [4.78, 5) is 12.3. The van der Waals surface area contributed by atoms with Crippen LogP contribution in [0.1, 0.15) is 0 Å². The molecule has 2 aliphatic rings. The Bertz CT molecular complexity index is 180. The maximum atomic E-state index is 10.5. The Labute approximate surface area is 58.4 Å². The number of hydrogen-bond acceptors (Lipinski definition) is 3. The number of ether oxygens (including phenoxy) is 1. The Hall–Kier alpha value is -0.610. The lowest BCUT2D eigenvalue weighted by Gasteiger charge is -2.16. The van der Waals surface area contributed by atoms with Gasteiger partial charge in [-0.2, -0.15) is 0 Å². The zero-order valence-electron chi connectivity index (χ0n) is 5.65. The van der Waals surface area contributed by atoms with Crippen molar-refractivity contribution in [1.29, 1.82) is 0 Å². The number of hydrogen-bond donors (Lipinski definition) is 1. The molecule has 0 aromatic heterocycles. The first-order chi connectivity index (χ1) is 4.70. The van der Waals surface area contributed by atoms with Gasteiger partial charge in [-0.05, 0) is 7.05 Å². The molecule has 0 aliphatic carbocycles. The van der Waals surface area contributed by atoms with Crippen LogP contribution >= 0.6 is 0 Å². The Morgan fingerprint density at radius 2 is 2.50 bits per heavy atom. The van der Waals surface area contributed by atoms with Gasteiger partial charge in [0.05, 0.1) is 6.10 Å². The topological polar surface area (TPSA) is 53.1 Å². The van der Waals surface area contributed by atoms with Crippen molar-refractivity contribution in [3.8, 4) is 0 Å². The number of carboxylic acid groups (broad SMARTS) is 1. The lowest BCUT2D eigenvalue weighted by molar-refractivity contribution is -0.143. The van der Waals surface area contributed by atoms with Crippen molar-refractivity contribution in [2.75, 3.05) is 13.6 Å². The minimum Gasteiger partial charge on any atom is -0.480 e. The summed E-state index contributed by atoms with van der Waals surface area (Å²) in [7, 11) is 1.81. The number of likely N-dealkylation sites (tertiary alicyclic amines) is 1. The van der Waals surface area contributed by atoms with E-state index >= 15 is 0 Å². The summed E-state index contributed by atoms with van der Waals surface area (Å²) in [6.45, 7) is 0.766. The second-order valence-electron chi connectivity index (χ2n) is 2.86. The summed E-state index contributed by atoms with van der Waals surface area (Å²) < 4.78 is 5.07. The fraction of sp³-hybridized carbons (Fsp3) is 0.833. The van der Waals surface area contributed by atoms with Gasteiger partial charge in [-0.15, -0.1) is 0 Å². The molecule has 0 saturated carbocycles. The number of carboxylic acids is 1. The van der Waals surface area contributed by atoms with Crippen molar-refractivity contribution in [3.05, 3.63) is 0 Å². The second-order valence-corrected chi connectivity index (χ2v) is 2.86. The number of aliphatic carboxylic acids is 1. The zero-order valence-corrected chi connectivity index (χ0v) is 5.65. The molecular weight excluding hydrogens is 134 g/mol. The van der Waals surface area contributed by atoms with E-state index in [1.54, 1.807) is 0 Å². The van der Waals surface area contributed by atoms with Gasteiger partial charge in [0.15, 0.2) is 0 Å². The Kier molecular flexibility index (Phi) is 1.04. The number of likely N-dealkylation sites (N-methyl/N-ethyl adjacent to an activating group) is 1. The molecule has 0 unspecified atom stereocenters. The molecule has 2 aliphatic heterocycles. The van der Waals surface area contributed by atoms with Gasteiger partial charge in [-0.3, -0.25) is 9.69 Å². The van der Waals surface area contributed by atoms with E-state index in [1.165, 1.54) is 0 Å². The first-order valence-electron chi connectivity index (χ1n) is 3.28. The van der Waals surface area contributed by atoms with Gasteiger partial charge in [0.25, 0.3) is 0 Å². The number of rotatable bonds is 1. The third kappa shape index (κ3) is 0.660. The van der Waals surface area contributed by atoms with E-state index in [9.17, 15) is 4.79 Å². The number of morpholine rings is 1. The smallest absolute Gasteiger partial charge is 0.323 e. The van der Waals surface area contributed by atoms with Gasteiger partial charge in [-0.1, -0.05) is 0 Å². The first kappa shape index (κ1) is 6.12. The standard InChI is InChI=1S/C6H9NO3/c1-7-2-3-5(10-3)4(7)6(8)9/h3-5H,2H2,1H3,(H,8,9)/t3-,4-,5-/m0/s1. The third-order valence-electron chi connectivity index (χ3n) is 2.13. The zero-order chi connectivity index (χ0) is 7.30. The van der Waals surface area contributed by atoms with Crippen LogP contribution in [-0.2, 0) is 9.53 Å². The molecule has 3 atom stereocenters. The maximum absolute atomic E-state index is 10.5. The molecule has 0 radical (unpaired) electrons. The van der Waals surface area contributed by atoms with Gasteiger partial charge in [0, 0.05) is 6.54 Å². The fourth-order valence-corrected chi connectivity index (χ4v) is 1.56. The van der Waals surface area contributed by atoms with Crippen LogP contribution in [0.5, 0.6) is 0 Å². The summed E-state index contributed by atoms with van der Waals surface area (Å²) in [5, 5.41) is 8.66. The quantitative estimate of drug-likeness (QED) is 0.486. The van der Waals surface area contributed by atoms with Crippen LogP contribution in [0, 0.1) is 0 Å². The molecule has 2 rings (SSSR count). The lowest BCUT2D eigenvalue weighted by atomic mass is 10.2. The molecular formula is C6H9NO3. The number of epoxide rings is 1. The maximum Gasteiger partial charge on any atom is 0.323 e. The summed E-state index contributed by atoms with van der Waals surface area (Å²) >= 11 is 0. The molecule has 4 nitrogen and oxygen atoms in total. The van der Waals surface area contributed by atoms with Crippen molar-refractivity contribution in [3.63, 3.8) is 0 Å². The molecule has 0 spiro atoms. The van der Waals surface area contributed by atoms with Crippen LogP contribution in [-0.4, -0.2) is 47.8 Å². The molecule has 2 fully saturated rings. The largest absolute Gasteiger partial charge is 0.480 e. The van der Waals surface area contributed by atoms with E-state index in [2.05, 4.69) is 0 Å². The predicted molar refractivity (Wildman–Crippen MR) is 32.7 cm³/mol. The highest BCUT2D eigenvalue weighted by atomic mass is 16.6. The van der Waals surface area contributed by atoms with E-state index in [-0.39, 0.29) is 12.2 Å². The molecule has 1 N–H and O–H groups in total. The van der Waals surface area contributed by atoms with E-state index in [4.69, 9.17) is 9.84 Å². The second kappa shape index (κ2) is 1.71. The van der Waals surface area contributed by atoms with Crippen molar-refractivity contribution in [2.24, 2.45) is 0 Å². The summed E-state index contributed by atoms with van der Waals surface area (Å²) in [6.07, 6.45) is 0.175. The highest BCUT2D eigenvalue weighted by Gasteiger charge is 2.56. The summed E-state index contributed by atoms with van der Waals surface area (Å²) in [5.41, 5.74) is 0. The molecule has 0 aromatic rings. The third-order valence-corrected chi connectivity index (χ3v) is 2.13. The predicted octanol–water partition coefficient (Wildman–Crippen LogP) is -0.848. The average Bonchev–Trinajstić information content (AvgIpc) is 2.42. The molecule has 0 amide bonds. The van der Waals surface area contributed by atoms with Crippen molar-refractivity contribution in [2.45, 2.75) is 18.2 Å². The Morgan fingerprint density at radius 1 is 1.80 bits per heavy atom. The van der Waals surface area contributed by atoms with Crippen LogP contribution in [0.4, 0.5) is 0 Å². The highest BCUT2D eigenvalue weighted by Crippen LogP contribution is 2.35. The van der Waals surface area contributed by atoms with Crippen LogP contribution in [0.25, 0.3) is 0 Å². The van der Waals surface area contributed by atoms with Gasteiger partial charge in [0.2, 0.25) is 0 Å². The highest BCUT2D eigenvalue weighted by molar-refractivity contribution is 5.75. The Balaban J connectivity index is 2.12. The minimum absolute atomic E-state index is 0.0255. The molecule has 10 heavy (non-hydrogen) atoms. The SMILES string of the molecule is CN1C[C@@H]2O[C@@H]2[C@H]1C(=O)O. The number of carbonyl (C=O) groups is 1. The van der Waals surface area contributed by atoms with Crippen LogP contribution < -0.4 is 0 Å². The first-order valence-corrected chi connectivity index (χ1v) is 3.28. The van der Waals surface area contributed by atoms with Gasteiger partial charge >= 0.3 is 5.97 Å². The van der Waals surface area contributed by atoms with Crippen molar-refractivity contribution < 1.29 is 14.6 Å². The number of nitrogens with zero attached hydrogens (tertiary/aromatic N) is 1. The van der Waals surface area contributed by atoms with Crippen molar-refractivity contribution >= 4 is 5.97 Å². The van der Waals surface area contributed by atoms with Crippen LogP contribution in [0.15, 0.2) is 0 Å². The van der Waals surface area contributed by atoms with Crippen molar-refractivity contribution in [1.82, 2.24) is 4.90 Å². The molecule has 0 bridgehead atoms. The monoisotopic (exact) mass is 143 g/mol. The van der Waals surface area contributed by atoms with E-state index in [1.807, 2.05) is 11.9 Å². The Morgan fingerprint density at radius 3 is 2.80 bits per heavy atom. The van der Waals surface area contributed by atoms with Crippen LogP contribution in [0.2, 0.25) is 0 Å². The summed E-state index contributed by atoms with van der Waals surface area (Å²) in [6, 6.07) is -0.398. The minimum atomic E-state index is -0.771. The van der Waals surface area contributed by atoms with Gasteiger partial charge < -0.3 is 9.84 Å². The van der Waals surface area contributed by atoms with Gasteiger partial charge in [-0.25, -0.2) is 0 Å².